The summed E-state index contributed by atoms with van der Waals surface area (Å²) in [4.78, 5) is 0. The molecule has 0 nitrogen and oxygen atoms in total. The summed E-state index contributed by atoms with van der Waals surface area (Å²) in [6.45, 7) is 0. The molecule has 0 radical (unpaired) electrons. The van der Waals surface area contributed by atoms with Crippen LogP contribution < -0.4 is 0 Å². The Labute approximate surface area is 158 Å². The maximum absolute atomic E-state index is 2.40. The molecule has 2 aromatic rings. The number of rotatable bonds is 5. The molecule has 0 N–H and O–H groups in total. The molecule has 118 valence electrons. The van der Waals surface area contributed by atoms with Gasteiger partial charge in [0.15, 0.2) is 0 Å². The van der Waals surface area contributed by atoms with Crippen LogP contribution in [0.15, 0.2) is 103 Å². The molecular weight excluding hydrogens is 455 g/mol. The van der Waals surface area contributed by atoms with E-state index in [9.17, 15) is 0 Å². The molecule has 0 bridgehead atoms. The second-order valence-corrected chi connectivity index (χ2v) is 11.6. The van der Waals surface area contributed by atoms with Gasteiger partial charge in [-0.1, -0.05) is 0 Å². The molecule has 0 unspecified atom stereocenters. The molecule has 0 aliphatic heterocycles. The van der Waals surface area contributed by atoms with Gasteiger partial charge in [0.05, 0.1) is 0 Å². The number of allylic oxidation sites excluding steroid dienone is 8. The van der Waals surface area contributed by atoms with Crippen molar-refractivity contribution in [2.24, 2.45) is 0 Å². The Morgan fingerprint density at radius 1 is 0.792 bits per heavy atom. The third-order valence-electron chi connectivity index (χ3n) is 4.63. The molecule has 0 heterocycles. The number of hydrogen-bond acceptors (Lipinski definition) is 0. The first-order chi connectivity index (χ1) is 11.9. The fourth-order valence-electron chi connectivity index (χ4n) is 3.49. The molecule has 2 aliphatic rings. The second-order valence-electron chi connectivity index (χ2n) is 6.24. The first-order valence-electron chi connectivity index (χ1n) is 8.54. The minimum atomic E-state index is -0.889. The molecule has 0 saturated heterocycles. The molecule has 0 spiro atoms. The van der Waals surface area contributed by atoms with Gasteiger partial charge in [-0.15, -0.1) is 0 Å². The van der Waals surface area contributed by atoms with Gasteiger partial charge in [0, 0.05) is 0 Å². The van der Waals surface area contributed by atoms with Gasteiger partial charge in [-0.05, 0) is 0 Å². The van der Waals surface area contributed by atoms with Gasteiger partial charge >= 0.3 is 156 Å². The fraction of sp³-hybridized carbons (Fsp3) is 0.130. The Bertz CT molecular complexity index is 794. The summed E-state index contributed by atoms with van der Waals surface area (Å²) in [5.41, 5.74) is 4.39. The Hall–Kier alpha value is -1.73. The van der Waals surface area contributed by atoms with Crippen molar-refractivity contribution in [2.75, 3.05) is 0 Å². The summed E-state index contributed by atoms with van der Waals surface area (Å²) < 4.78 is 3.49. The molecule has 2 aliphatic carbocycles. The van der Waals surface area contributed by atoms with Crippen molar-refractivity contribution in [3.8, 4) is 0 Å². The largest absolute Gasteiger partial charge is 1.00 e. The van der Waals surface area contributed by atoms with E-state index in [0.717, 1.165) is 0 Å². The van der Waals surface area contributed by atoms with Crippen LogP contribution in [0.25, 0.3) is 0 Å². The molecule has 0 atom stereocenters. The van der Waals surface area contributed by atoms with Gasteiger partial charge < -0.3 is 2.85 Å². The summed E-state index contributed by atoms with van der Waals surface area (Å²) in [6, 6.07) is 22.0. The Kier molecular flexibility index (Phi) is 4.89. The van der Waals surface area contributed by atoms with Crippen LogP contribution in [0.3, 0.4) is 0 Å². The standard InChI is InChI=1S/C18H15.C5H5.Hf.2H/c1-3-9-15(10-4-1)18(17-13-7-8-14-17)16-11-5-2-6-12-16;1-2-4-5-3-1;;;/h1-7,9-13,18H,8H2;1-3H,4H2;;;/q;;+2;2*-1. The molecule has 0 fully saturated rings. The van der Waals surface area contributed by atoms with E-state index in [-0.39, 0.29) is 2.85 Å². The third-order valence-corrected chi connectivity index (χ3v) is 9.97. The summed E-state index contributed by atoms with van der Waals surface area (Å²) >= 11 is -0.889. The minimum Gasteiger partial charge on any atom is -1.00 e. The molecular formula is C23H22Hf. The Morgan fingerprint density at radius 3 is 2.04 bits per heavy atom. The first-order valence-corrected chi connectivity index (χ1v) is 12.1. The van der Waals surface area contributed by atoms with Crippen molar-refractivity contribution >= 4 is 0 Å². The second kappa shape index (κ2) is 7.44. The van der Waals surface area contributed by atoms with E-state index in [1.54, 1.807) is 12.2 Å². The minimum absolute atomic E-state index is 0. The smallest absolute Gasteiger partial charge is 1.00 e. The van der Waals surface area contributed by atoms with Crippen molar-refractivity contribution in [1.82, 2.24) is 0 Å². The van der Waals surface area contributed by atoms with E-state index in [2.05, 4.69) is 91.0 Å². The summed E-state index contributed by atoms with van der Waals surface area (Å²) in [5.74, 6) is 0.378. The van der Waals surface area contributed by atoms with Crippen molar-refractivity contribution in [2.45, 2.75) is 18.8 Å². The molecule has 24 heavy (non-hydrogen) atoms. The van der Waals surface area contributed by atoms with Crippen LogP contribution in [0.4, 0.5) is 0 Å². The van der Waals surface area contributed by atoms with E-state index in [1.165, 1.54) is 24.0 Å². The van der Waals surface area contributed by atoms with Gasteiger partial charge in [-0.2, -0.15) is 0 Å². The van der Waals surface area contributed by atoms with Crippen molar-refractivity contribution in [3.05, 3.63) is 114 Å². The van der Waals surface area contributed by atoms with Gasteiger partial charge in [-0.3, -0.25) is 0 Å². The topological polar surface area (TPSA) is 0 Å². The van der Waals surface area contributed by atoms with Gasteiger partial charge in [0.25, 0.3) is 0 Å². The van der Waals surface area contributed by atoms with Gasteiger partial charge in [-0.25, -0.2) is 0 Å². The SMILES string of the molecule is C1=CC[C]([Hf+2][C]2=C(C(c3ccccc3)c3ccccc3)C=CC2)=C1.[H-].[H-]. The average molecular weight is 477 g/mol. The van der Waals surface area contributed by atoms with E-state index in [1.807, 2.05) is 0 Å². The van der Waals surface area contributed by atoms with Crippen molar-refractivity contribution in [3.63, 3.8) is 0 Å². The van der Waals surface area contributed by atoms with Crippen molar-refractivity contribution < 1.29 is 25.8 Å². The molecule has 0 amide bonds. The fourth-order valence-corrected chi connectivity index (χ4v) is 8.45. The quantitative estimate of drug-likeness (QED) is 0.452. The van der Waals surface area contributed by atoms with Crippen LogP contribution >= 0.6 is 0 Å². The normalized spacial score (nSPS) is 16.0. The summed E-state index contributed by atoms with van der Waals surface area (Å²) in [7, 11) is 0. The number of benzene rings is 2. The van der Waals surface area contributed by atoms with E-state index >= 15 is 0 Å². The third kappa shape index (κ3) is 3.37. The first kappa shape index (κ1) is 15.8. The van der Waals surface area contributed by atoms with Crippen LogP contribution in [-0.2, 0) is 22.9 Å². The van der Waals surface area contributed by atoms with E-state index in [4.69, 9.17) is 0 Å². The van der Waals surface area contributed by atoms with E-state index in [0.29, 0.717) is 5.92 Å². The molecule has 0 aromatic heterocycles. The van der Waals surface area contributed by atoms with Gasteiger partial charge in [0.1, 0.15) is 0 Å². The van der Waals surface area contributed by atoms with Crippen LogP contribution in [0.5, 0.6) is 0 Å². The summed E-state index contributed by atoms with van der Waals surface area (Å²) in [6.07, 6.45) is 14.0. The van der Waals surface area contributed by atoms with Crippen LogP contribution in [0.1, 0.15) is 32.7 Å². The molecule has 4 rings (SSSR count). The zero-order valence-electron chi connectivity index (χ0n) is 15.7. The molecule has 0 saturated carbocycles. The maximum atomic E-state index is 2.40. The van der Waals surface area contributed by atoms with Gasteiger partial charge in [0.2, 0.25) is 0 Å². The van der Waals surface area contributed by atoms with Crippen LogP contribution in [-0.4, -0.2) is 0 Å². The maximum Gasteiger partial charge on any atom is -1.00 e. The number of hydrogen-bond donors (Lipinski definition) is 0. The average Bonchev–Trinajstić information content (AvgIpc) is 3.30. The monoisotopic (exact) mass is 478 g/mol. The van der Waals surface area contributed by atoms with Crippen molar-refractivity contribution in [1.29, 1.82) is 0 Å². The van der Waals surface area contributed by atoms with Crippen LogP contribution in [0.2, 0.25) is 0 Å². The Morgan fingerprint density at radius 2 is 1.46 bits per heavy atom. The van der Waals surface area contributed by atoms with E-state index < -0.39 is 22.9 Å². The zero-order chi connectivity index (χ0) is 16.2. The predicted octanol–water partition coefficient (Wildman–Crippen LogP) is 6.18. The summed E-state index contributed by atoms with van der Waals surface area (Å²) in [5, 5.41) is 0. The Balaban J connectivity index is 0.00000121. The zero-order valence-corrected chi connectivity index (χ0v) is 17.2. The van der Waals surface area contributed by atoms with Crippen LogP contribution in [0, 0.1) is 0 Å². The molecule has 1 heteroatoms. The predicted molar refractivity (Wildman–Crippen MR) is 99.6 cm³/mol. The molecule has 2 aromatic carbocycles.